The summed E-state index contributed by atoms with van der Waals surface area (Å²) in [6, 6.07) is 12.3. The number of nitrogens with two attached hydrogens (primary N) is 1. The van der Waals surface area contributed by atoms with Gasteiger partial charge in [0.15, 0.2) is 6.04 Å². The lowest BCUT2D eigenvalue weighted by molar-refractivity contribution is -0.918. The van der Waals surface area contributed by atoms with Crippen LogP contribution in [0, 0.1) is 5.92 Å². The van der Waals surface area contributed by atoms with Gasteiger partial charge in [0.25, 0.3) is 5.91 Å². The Morgan fingerprint density at radius 3 is 2.20 bits per heavy atom. The molecule has 2 fully saturated rings. The fourth-order valence-electron chi connectivity index (χ4n) is 6.35. The van der Waals surface area contributed by atoms with Crippen molar-refractivity contribution in [3.63, 3.8) is 0 Å². The number of aromatic hydroxyl groups is 2. The number of esters is 1. The summed E-state index contributed by atoms with van der Waals surface area (Å²) in [5.41, 5.74) is 8.58. The highest BCUT2D eigenvalue weighted by atomic mass is 19.4. The van der Waals surface area contributed by atoms with E-state index >= 15 is 0 Å². The number of carbonyl (C=O) groups is 4. The molecule has 1 aliphatic heterocycles. The number of piperidine rings is 1. The molecule has 1 heterocycles. The second kappa shape index (κ2) is 17.1. The molecular formula is C34H45F3N4O8+2. The van der Waals surface area contributed by atoms with E-state index < -0.39 is 24.1 Å². The maximum absolute atomic E-state index is 14.0. The van der Waals surface area contributed by atoms with E-state index in [4.69, 9.17) is 20.4 Å². The highest BCUT2D eigenvalue weighted by molar-refractivity contribution is 5.90. The molecule has 1 unspecified atom stereocenters. The van der Waals surface area contributed by atoms with Crippen LogP contribution in [0.2, 0.25) is 0 Å². The van der Waals surface area contributed by atoms with Crippen molar-refractivity contribution in [3.05, 3.63) is 59.7 Å². The van der Waals surface area contributed by atoms with Gasteiger partial charge in [-0.3, -0.25) is 9.59 Å². The average Bonchev–Trinajstić information content (AvgIpc) is 3.02. The standard InChI is InChI=1S/C32H42N4O6.C2HF3O2/c1-3-42-31(40)24-11-13-25(14-12-24)34-32(41)35(29(30(33)39)19-22-9-15-27(37)16-10-22)26-7-5-17-36(2,21-26)20-23-6-4-8-28(38)18-23;3-2(4,5)1(6)7/h4,6,8-10,15-16,18,24-25,29H,3,5,7,11-14,17,19-21H2,1-2H3,(H3-2,33,34,37,38,39,41);(H,6,7)/p+2/b35-26+;/t24?,25?,29-,36?;/m0./s1. The van der Waals surface area contributed by atoms with Crippen LogP contribution in [0.15, 0.2) is 48.5 Å². The molecule has 0 spiro atoms. The van der Waals surface area contributed by atoms with Crippen LogP contribution >= 0.6 is 0 Å². The van der Waals surface area contributed by atoms with E-state index in [-0.39, 0.29) is 41.9 Å². The highest BCUT2D eigenvalue weighted by Gasteiger charge is 2.41. The maximum atomic E-state index is 14.0. The summed E-state index contributed by atoms with van der Waals surface area (Å²) in [7, 11) is 2.12. The van der Waals surface area contributed by atoms with Gasteiger partial charge >= 0.3 is 24.1 Å². The third-order valence-corrected chi connectivity index (χ3v) is 8.68. The van der Waals surface area contributed by atoms with Crippen LogP contribution in [-0.2, 0) is 32.1 Å². The number of quaternary nitrogens is 1. The number of rotatable bonds is 9. The number of aliphatic carboxylic acids is 1. The molecule has 1 saturated heterocycles. The Morgan fingerprint density at radius 2 is 1.65 bits per heavy atom. The Kier molecular flexibility index (Phi) is 13.6. The first-order valence-electron chi connectivity index (χ1n) is 16.1. The number of halogens is 3. The number of carboxylic acid groups (broad SMARTS) is 1. The summed E-state index contributed by atoms with van der Waals surface area (Å²) in [5, 5.41) is 30.0. The number of primary amides is 1. The number of carbonyl (C=O) groups excluding carboxylic acids is 3. The largest absolute Gasteiger partial charge is 0.508 e. The lowest BCUT2D eigenvalue weighted by atomic mass is 9.86. The van der Waals surface area contributed by atoms with Crippen molar-refractivity contribution in [2.24, 2.45) is 11.7 Å². The zero-order valence-corrected chi connectivity index (χ0v) is 27.6. The predicted molar refractivity (Wildman–Crippen MR) is 172 cm³/mol. The van der Waals surface area contributed by atoms with Crippen LogP contribution < -0.4 is 11.1 Å². The van der Waals surface area contributed by atoms with Gasteiger partial charge in [-0.1, -0.05) is 24.3 Å². The molecule has 3 amide bonds. The van der Waals surface area contributed by atoms with Crippen LogP contribution in [0.4, 0.5) is 18.0 Å². The van der Waals surface area contributed by atoms with E-state index in [0.717, 1.165) is 29.8 Å². The number of urea groups is 1. The number of nitrogens with zero attached hydrogens (tertiary/aromatic N) is 2. The number of phenolic OH excluding ortho intramolecular Hbond substituents is 2. The maximum Gasteiger partial charge on any atom is 0.492 e. The number of benzene rings is 2. The second-order valence-electron chi connectivity index (χ2n) is 12.7. The van der Waals surface area contributed by atoms with Crippen molar-refractivity contribution in [2.75, 3.05) is 26.7 Å². The number of carboxylic acids is 1. The Bertz CT molecular complexity index is 1510. The molecule has 6 N–H and O–H groups in total. The first-order valence-corrected chi connectivity index (χ1v) is 16.1. The minimum Gasteiger partial charge on any atom is -0.508 e. The number of hydrogen-bond donors (Lipinski definition) is 5. The molecule has 2 aromatic carbocycles. The molecule has 2 aromatic rings. The zero-order chi connectivity index (χ0) is 36.4. The van der Waals surface area contributed by atoms with Gasteiger partial charge in [0, 0.05) is 24.8 Å². The molecule has 49 heavy (non-hydrogen) atoms. The lowest BCUT2D eigenvalue weighted by Gasteiger charge is -2.38. The van der Waals surface area contributed by atoms with Crippen molar-refractivity contribution < 1.29 is 61.5 Å². The number of hydrogen-bond acceptors (Lipinski definition) is 7. The van der Waals surface area contributed by atoms with Crippen molar-refractivity contribution in [2.45, 2.75) is 76.7 Å². The average molecular weight is 695 g/mol. The number of nitrogens with one attached hydrogen (secondary N) is 1. The second-order valence-corrected chi connectivity index (χ2v) is 12.7. The molecular weight excluding hydrogens is 649 g/mol. The molecule has 2 aliphatic rings. The van der Waals surface area contributed by atoms with Gasteiger partial charge in [0.1, 0.15) is 30.3 Å². The molecule has 268 valence electrons. The Morgan fingerprint density at radius 1 is 1.02 bits per heavy atom. The summed E-state index contributed by atoms with van der Waals surface area (Å²) in [6.07, 6.45) is -0.859. The van der Waals surface area contributed by atoms with Gasteiger partial charge in [-0.2, -0.15) is 22.5 Å². The smallest absolute Gasteiger partial charge is 0.492 e. The molecule has 1 saturated carbocycles. The van der Waals surface area contributed by atoms with Crippen LogP contribution in [0.3, 0.4) is 0 Å². The van der Waals surface area contributed by atoms with Crippen molar-refractivity contribution >= 4 is 29.6 Å². The van der Waals surface area contributed by atoms with Crippen LogP contribution in [0.5, 0.6) is 11.5 Å². The van der Waals surface area contributed by atoms with Crippen molar-refractivity contribution in [1.29, 1.82) is 0 Å². The first kappa shape index (κ1) is 38.8. The monoisotopic (exact) mass is 694 g/mol. The van der Waals surface area contributed by atoms with E-state index in [1.165, 1.54) is 0 Å². The summed E-state index contributed by atoms with van der Waals surface area (Å²) in [4.78, 5) is 48.1. The van der Waals surface area contributed by atoms with Crippen LogP contribution in [0.1, 0.15) is 56.6 Å². The van der Waals surface area contributed by atoms with Crippen LogP contribution in [-0.4, -0.2) is 99.0 Å². The zero-order valence-electron chi connectivity index (χ0n) is 27.6. The lowest BCUT2D eigenvalue weighted by Crippen LogP contribution is -2.58. The SMILES string of the molecule is CCOC(=O)C1CCC(NC(=O)/[N+](=C2\CCC[N+](C)(Cc3cccc(O)c3)C2)[C@@H](Cc2ccc(O)cc2)C(N)=O)CC1.O=C(O)C(F)(F)F. The molecule has 15 heteroatoms. The summed E-state index contributed by atoms with van der Waals surface area (Å²) in [6.45, 7) is 4.22. The highest BCUT2D eigenvalue weighted by Crippen LogP contribution is 2.27. The normalized spacial score (nSPS) is 22.5. The summed E-state index contributed by atoms with van der Waals surface area (Å²) < 4.78 is 39.1. The van der Waals surface area contributed by atoms with Gasteiger partial charge in [-0.15, -0.1) is 0 Å². The summed E-state index contributed by atoms with van der Waals surface area (Å²) in [5.74, 6) is -3.39. The molecule has 0 bridgehead atoms. The number of likely N-dealkylation sites (tertiary alicyclic amines) is 1. The number of amides is 3. The van der Waals surface area contributed by atoms with Gasteiger partial charge in [0.05, 0.1) is 32.2 Å². The van der Waals surface area contributed by atoms with E-state index in [1.807, 2.05) is 12.1 Å². The number of phenols is 2. The summed E-state index contributed by atoms with van der Waals surface area (Å²) >= 11 is 0. The molecule has 0 radical (unpaired) electrons. The molecule has 0 aromatic heterocycles. The van der Waals surface area contributed by atoms with E-state index in [1.54, 1.807) is 47.9 Å². The number of alkyl halides is 3. The van der Waals surface area contributed by atoms with E-state index in [9.17, 15) is 37.8 Å². The van der Waals surface area contributed by atoms with E-state index in [0.29, 0.717) is 56.3 Å². The fraction of sp³-hybridized carbons (Fsp3) is 0.500. The molecule has 2 atom stereocenters. The topological polar surface area (TPSA) is 179 Å². The van der Waals surface area contributed by atoms with Crippen molar-refractivity contribution in [3.8, 4) is 11.5 Å². The minimum absolute atomic E-state index is 0.115. The predicted octanol–water partition coefficient (Wildman–Crippen LogP) is 3.85. The van der Waals surface area contributed by atoms with E-state index in [2.05, 4.69) is 12.4 Å². The first-order chi connectivity index (χ1) is 23.0. The third-order valence-electron chi connectivity index (χ3n) is 8.68. The Labute approximate surface area is 282 Å². The quantitative estimate of drug-likeness (QED) is 0.149. The van der Waals surface area contributed by atoms with Crippen molar-refractivity contribution in [1.82, 2.24) is 5.32 Å². The van der Waals surface area contributed by atoms with Crippen LogP contribution in [0.25, 0.3) is 0 Å². The molecule has 4 rings (SSSR count). The third kappa shape index (κ3) is 11.8. The van der Waals surface area contributed by atoms with Gasteiger partial charge in [0.2, 0.25) is 0 Å². The van der Waals surface area contributed by atoms with Gasteiger partial charge in [-0.25, -0.2) is 10.1 Å². The Balaban J connectivity index is 0.000000838. The molecule has 1 aliphatic carbocycles. The number of ether oxygens (including phenoxy) is 1. The van der Waals surface area contributed by atoms with Gasteiger partial charge < -0.3 is 30.3 Å². The molecule has 12 nitrogen and oxygen atoms in total. The van der Waals surface area contributed by atoms with Gasteiger partial charge in [-0.05, 0) is 62.4 Å². The fourth-order valence-corrected chi connectivity index (χ4v) is 6.35. The Hall–Kier alpha value is -4.66. The minimum atomic E-state index is -5.08.